The van der Waals surface area contributed by atoms with Gasteiger partial charge >= 0.3 is 0 Å². The van der Waals surface area contributed by atoms with E-state index in [1.165, 1.54) is 0 Å². The molecule has 0 radical (unpaired) electrons. The average molecular weight is 213 g/mol. The molecule has 1 saturated carbocycles. The Morgan fingerprint density at radius 1 is 1.71 bits per heavy atom. The standard InChI is InChI=1S/C10H13ClN2O/c1-2-13-10(9(11)6-12-13)7-3-4-8(14)5-7/h6-7H,2-5H2,1H3. The van der Waals surface area contributed by atoms with Gasteiger partial charge in [0.25, 0.3) is 0 Å². The van der Waals surface area contributed by atoms with Gasteiger partial charge in [-0.15, -0.1) is 0 Å². The molecule has 3 nitrogen and oxygen atoms in total. The van der Waals surface area contributed by atoms with E-state index >= 15 is 0 Å². The lowest BCUT2D eigenvalue weighted by atomic mass is 10.0. The van der Waals surface area contributed by atoms with E-state index in [0.29, 0.717) is 23.6 Å². The van der Waals surface area contributed by atoms with Gasteiger partial charge in [-0.3, -0.25) is 9.48 Å². The Labute approximate surface area is 88.1 Å². The topological polar surface area (TPSA) is 34.9 Å². The molecule has 0 aromatic carbocycles. The summed E-state index contributed by atoms with van der Waals surface area (Å²) in [5, 5.41) is 4.88. The SMILES string of the molecule is CCn1ncc(Cl)c1C1CCC(=O)C1. The Balaban J connectivity index is 2.30. The molecule has 14 heavy (non-hydrogen) atoms. The first-order valence-electron chi connectivity index (χ1n) is 4.95. The predicted octanol–water partition coefficient (Wildman–Crippen LogP) is 2.39. The zero-order valence-corrected chi connectivity index (χ0v) is 8.92. The molecule has 1 aromatic rings. The van der Waals surface area contributed by atoms with Crippen molar-refractivity contribution in [3.63, 3.8) is 0 Å². The molecule has 4 heteroatoms. The van der Waals surface area contributed by atoms with Gasteiger partial charge in [-0.2, -0.15) is 5.10 Å². The van der Waals surface area contributed by atoms with Gasteiger partial charge in [0.05, 0.1) is 16.9 Å². The Kier molecular flexibility index (Phi) is 2.59. The maximum absolute atomic E-state index is 11.2. The van der Waals surface area contributed by atoms with Crippen molar-refractivity contribution >= 4 is 17.4 Å². The molecule has 0 aliphatic heterocycles. The largest absolute Gasteiger partial charge is 0.300 e. The number of hydrogen-bond acceptors (Lipinski definition) is 2. The third-order valence-corrected chi connectivity index (χ3v) is 3.06. The molecular formula is C10H13ClN2O. The van der Waals surface area contributed by atoms with Crippen molar-refractivity contribution < 1.29 is 4.79 Å². The molecule has 1 heterocycles. The predicted molar refractivity (Wildman–Crippen MR) is 54.5 cm³/mol. The van der Waals surface area contributed by atoms with Crippen molar-refractivity contribution in [3.8, 4) is 0 Å². The van der Waals surface area contributed by atoms with Gasteiger partial charge in [0.2, 0.25) is 0 Å². The number of aryl methyl sites for hydroxylation is 1. The molecule has 76 valence electrons. The fraction of sp³-hybridized carbons (Fsp3) is 0.600. The van der Waals surface area contributed by atoms with Crippen molar-refractivity contribution in [1.82, 2.24) is 9.78 Å². The normalized spacial score (nSPS) is 21.9. The number of nitrogens with zero attached hydrogens (tertiary/aromatic N) is 2. The minimum Gasteiger partial charge on any atom is -0.300 e. The first-order valence-corrected chi connectivity index (χ1v) is 5.33. The number of carbonyl (C=O) groups excluding carboxylic acids is 1. The fourth-order valence-corrected chi connectivity index (χ4v) is 2.37. The van der Waals surface area contributed by atoms with Gasteiger partial charge in [-0.1, -0.05) is 11.6 Å². The number of carbonyl (C=O) groups is 1. The van der Waals surface area contributed by atoms with Crippen LogP contribution in [-0.4, -0.2) is 15.6 Å². The highest BCUT2D eigenvalue weighted by Gasteiger charge is 2.28. The molecule has 2 rings (SSSR count). The summed E-state index contributed by atoms with van der Waals surface area (Å²) in [6.07, 6.45) is 3.91. The van der Waals surface area contributed by atoms with Gasteiger partial charge in [-0.25, -0.2) is 0 Å². The van der Waals surface area contributed by atoms with Crippen molar-refractivity contribution in [2.45, 2.75) is 38.6 Å². The van der Waals surface area contributed by atoms with E-state index in [-0.39, 0.29) is 5.92 Å². The van der Waals surface area contributed by atoms with E-state index in [1.807, 2.05) is 11.6 Å². The monoisotopic (exact) mass is 212 g/mol. The second-order valence-electron chi connectivity index (χ2n) is 3.67. The van der Waals surface area contributed by atoms with Gasteiger partial charge in [0.1, 0.15) is 5.78 Å². The fourth-order valence-electron chi connectivity index (χ4n) is 2.08. The third kappa shape index (κ3) is 1.57. The maximum Gasteiger partial charge on any atom is 0.133 e. The molecule has 1 fully saturated rings. The van der Waals surface area contributed by atoms with E-state index in [2.05, 4.69) is 5.10 Å². The lowest BCUT2D eigenvalue weighted by Gasteiger charge is -2.10. The summed E-state index contributed by atoms with van der Waals surface area (Å²) < 4.78 is 1.89. The highest BCUT2D eigenvalue weighted by atomic mass is 35.5. The van der Waals surface area contributed by atoms with Crippen LogP contribution in [0.4, 0.5) is 0 Å². The van der Waals surface area contributed by atoms with E-state index in [1.54, 1.807) is 6.20 Å². The minimum absolute atomic E-state index is 0.289. The molecule has 0 spiro atoms. The molecular weight excluding hydrogens is 200 g/mol. The smallest absolute Gasteiger partial charge is 0.133 e. The van der Waals surface area contributed by atoms with Crippen LogP contribution in [0.15, 0.2) is 6.20 Å². The Morgan fingerprint density at radius 3 is 3.07 bits per heavy atom. The highest BCUT2D eigenvalue weighted by Crippen LogP contribution is 2.35. The Bertz CT molecular complexity index is 359. The first-order chi connectivity index (χ1) is 6.72. The number of halogens is 1. The van der Waals surface area contributed by atoms with Crippen LogP contribution in [-0.2, 0) is 11.3 Å². The molecule has 0 N–H and O–H groups in total. The van der Waals surface area contributed by atoms with Crippen LogP contribution in [0.25, 0.3) is 0 Å². The van der Waals surface area contributed by atoms with Crippen LogP contribution in [0, 0.1) is 0 Å². The third-order valence-electron chi connectivity index (χ3n) is 2.77. The second-order valence-corrected chi connectivity index (χ2v) is 4.08. The van der Waals surface area contributed by atoms with Crippen molar-refractivity contribution in [2.75, 3.05) is 0 Å². The zero-order valence-electron chi connectivity index (χ0n) is 8.16. The molecule has 0 bridgehead atoms. The molecule has 1 aliphatic rings. The molecule has 0 saturated heterocycles. The second kappa shape index (κ2) is 3.73. The maximum atomic E-state index is 11.2. The molecule has 1 aliphatic carbocycles. The van der Waals surface area contributed by atoms with Gasteiger partial charge in [0.15, 0.2) is 0 Å². The number of Topliss-reactive ketones (excluding diaryl/α,β-unsaturated/α-hetero) is 1. The summed E-state index contributed by atoms with van der Waals surface area (Å²) in [4.78, 5) is 11.2. The Hall–Kier alpha value is -0.830. The summed E-state index contributed by atoms with van der Waals surface area (Å²) in [5.74, 6) is 0.632. The van der Waals surface area contributed by atoms with Crippen molar-refractivity contribution in [2.24, 2.45) is 0 Å². The van der Waals surface area contributed by atoms with E-state index in [9.17, 15) is 4.79 Å². The number of aromatic nitrogens is 2. The Morgan fingerprint density at radius 2 is 2.50 bits per heavy atom. The molecule has 1 aromatic heterocycles. The van der Waals surface area contributed by atoms with Crippen LogP contribution in [0.2, 0.25) is 5.02 Å². The minimum atomic E-state index is 0.289. The van der Waals surface area contributed by atoms with Gasteiger partial charge in [-0.05, 0) is 13.3 Å². The van der Waals surface area contributed by atoms with E-state index < -0.39 is 0 Å². The van der Waals surface area contributed by atoms with E-state index in [4.69, 9.17) is 11.6 Å². The average Bonchev–Trinajstić information content (AvgIpc) is 2.71. The summed E-state index contributed by atoms with van der Waals surface area (Å²) in [7, 11) is 0. The summed E-state index contributed by atoms with van der Waals surface area (Å²) in [6, 6.07) is 0. The molecule has 0 amide bonds. The van der Waals surface area contributed by atoms with Crippen LogP contribution in [0.5, 0.6) is 0 Å². The lowest BCUT2D eigenvalue weighted by Crippen LogP contribution is -2.06. The summed E-state index contributed by atoms with van der Waals surface area (Å²) >= 11 is 6.06. The van der Waals surface area contributed by atoms with Crippen LogP contribution < -0.4 is 0 Å². The van der Waals surface area contributed by atoms with Crippen LogP contribution in [0.3, 0.4) is 0 Å². The summed E-state index contributed by atoms with van der Waals surface area (Å²) in [5.41, 5.74) is 1.04. The molecule has 1 unspecified atom stereocenters. The quantitative estimate of drug-likeness (QED) is 0.755. The van der Waals surface area contributed by atoms with Gasteiger partial charge < -0.3 is 0 Å². The van der Waals surface area contributed by atoms with E-state index in [0.717, 1.165) is 18.7 Å². The van der Waals surface area contributed by atoms with Crippen molar-refractivity contribution in [1.29, 1.82) is 0 Å². The number of rotatable bonds is 2. The van der Waals surface area contributed by atoms with Crippen LogP contribution >= 0.6 is 11.6 Å². The summed E-state index contributed by atoms with van der Waals surface area (Å²) in [6.45, 7) is 2.84. The highest BCUT2D eigenvalue weighted by molar-refractivity contribution is 6.31. The number of hydrogen-bond donors (Lipinski definition) is 0. The van der Waals surface area contributed by atoms with Crippen molar-refractivity contribution in [3.05, 3.63) is 16.9 Å². The lowest BCUT2D eigenvalue weighted by molar-refractivity contribution is -0.117. The van der Waals surface area contributed by atoms with Crippen LogP contribution in [0.1, 0.15) is 37.8 Å². The van der Waals surface area contributed by atoms with Gasteiger partial charge in [0, 0.05) is 25.3 Å². The molecule has 1 atom stereocenters. The zero-order chi connectivity index (χ0) is 10.1. The first kappa shape index (κ1) is 9.71. The number of ketones is 1.